The monoisotopic (exact) mass is 534 g/mol. The number of carboxylic acid groups (broad SMARTS) is 1. The number of hydrogen-bond acceptors (Lipinski definition) is 4. The Kier molecular flexibility index (Phi) is 10.5. The average molecular weight is 534 g/mol. The Hall–Kier alpha value is -4.39. The third kappa shape index (κ3) is 8.06. The summed E-state index contributed by atoms with van der Waals surface area (Å²) in [4.78, 5) is 31.0. The van der Waals surface area contributed by atoms with E-state index in [1.807, 2.05) is 97.7 Å². The highest BCUT2D eigenvalue weighted by molar-refractivity contribution is 6.14. The summed E-state index contributed by atoms with van der Waals surface area (Å²) in [6.45, 7) is 0.993. The van der Waals surface area contributed by atoms with E-state index in [1.165, 1.54) is 0 Å². The number of carboxylic acids is 1. The van der Waals surface area contributed by atoms with Gasteiger partial charge in [-0.05, 0) is 60.7 Å². The van der Waals surface area contributed by atoms with Gasteiger partial charge in [-0.1, -0.05) is 66.7 Å². The van der Waals surface area contributed by atoms with Crippen LogP contribution in [0.15, 0.2) is 103 Å². The summed E-state index contributed by atoms with van der Waals surface area (Å²) >= 11 is 0. The molecule has 4 aromatic rings. The van der Waals surface area contributed by atoms with Gasteiger partial charge in [0.25, 0.3) is 5.91 Å². The van der Waals surface area contributed by atoms with Crippen molar-refractivity contribution in [3.8, 4) is 16.9 Å². The molecule has 1 unspecified atom stereocenters. The van der Waals surface area contributed by atoms with Gasteiger partial charge in [0.05, 0.1) is 6.61 Å². The molecule has 6 nitrogen and oxygen atoms in total. The molecule has 1 atom stereocenters. The number of rotatable bonds is 14. The van der Waals surface area contributed by atoms with Gasteiger partial charge in [0.1, 0.15) is 13.6 Å². The van der Waals surface area contributed by atoms with Gasteiger partial charge in [-0.15, -0.1) is 0 Å². The van der Waals surface area contributed by atoms with Crippen molar-refractivity contribution < 1.29 is 19.4 Å². The highest BCUT2D eigenvalue weighted by Gasteiger charge is 2.25. The number of unbranched alkanes of at least 4 members (excludes halogenated alkanes) is 2. The minimum Gasteiger partial charge on any atom is -0.493 e. The van der Waals surface area contributed by atoms with E-state index in [9.17, 15) is 9.59 Å². The van der Waals surface area contributed by atoms with Gasteiger partial charge in [-0.25, -0.2) is 0 Å². The van der Waals surface area contributed by atoms with Gasteiger partial charge in [-0.3, -0.25) is 14.6 Å². The largest absolute Gasteiger partial charge is 0.493 e. The fourth-order valence-electron chi connectivity index (χ4n) is 4.72. The first-order valence-electron chi connectivity index (χ1n) is 13.8. The molecule has 7 heteroatoms. The Balaban J connectivity index is 1.52. The lowest BCUT2D eigenvalue weighted by Crippen LogP contribution is -2.37. The molecule has 0 saturated carbocycles. The number of nitrogens with zero attached hydrogens (tertiary/aromatic N) is 2. The number of carbonyl (C=O) groups is 2. The Morgan fingerprint density at radius 3 is 2.25 bits per heavy atom. The van der Waals surface area contributed by atoms with Gasteiger partial charge in [0.2, 0.25) is 0 Å². The van der Waals surface area contributed by atoms with Crippen LogP contribution in [0.3, 0.4) is 0 Å². The average Bonchev–Trinajstić information content (AvgIpc) is 3.00. The number of amides is 1. The zero-order valence-corrected chi connectivity index (χ0v) is 22.9. The standard InChI is InChI=1S/C33H35BN2O4/c34-32(29-14-6-7-15-30(29)40-24-10-2-5-16-31(37)38)36(23-21-28-13-8-9-22-35-28)33(39)27-19-17-26(18-20-27)25-11-3-1-4-12-25/h1,3-4,6-9,11-15,17-20,22,32H,2,5,10,16,21,23-24,34H2,(H,37,38). The van der Waals surface area contributed by atoms with Crippen LogP contribution in [0.25, 0.3) is 11.1 Å². The molecule has 0 fully saturated rings. The number of pyridine rings is 1. The maximum atomic E-state index is 13.9. The van der Waals surface area contributed by atoms with Gasteiger partial charge in [0, 0.05) is 48.3 Å². The van der Waals surface area contributed by atoms with E-state index < -0.39 is 5.97 Å². The molecule has 40 heavy (non-hydrogen) atoms. The maximum absolute atomic E-state index is 13.9. The van der Waals surface area contributed by atoms with Crippen LogP contribution in [-0.4, -0.2) is 47.9 Å². The second kappa shape index (κ2) is 14.7. The zero-order valence-electron chi connectivity index (χ0n) is 22.9. The molecule has 204 valence electrons. The number of hydrogen-bond donors (Lipinski definition) is 1. The van der Waals surface area contributed by atoms with Crippen LogP contribution in [0.5, 0.6) is 5.75 Å². The third-order valence-corrected chi connectivity index (χ3v) is 6.96. The van der Waals surface area contributed by atoms with Crippen molar-refractivity contribution in [1.29, 1.82) is 0 Å². The molecule has 0 spiro atoms. The summed E-state index contributed by atoms with van der Waals surface area (Å²) in [6.07, 6.45) is 4.77. The van der Waals surface area contributed by atoms with Crippen molar-refractivity contribution >= 4 is 19.7 Å². The number of para-hydroxylation sites is 1. The highest BCUT2D eigenvalue weighted by Crippen LogP contribution is 2.29. The molecule has 1 aromatic heterocycles. The molecule has 3 aromatic carbocycles. The third-order valence-electron chi connectivity index (χ3n) is 6.96. The van der Waals surface area contributed by atoms with Crippen LogP contribution in [0.4, 0.5) is 0 Å². The topological polar surface area (TPSA) is 79.7 Å². The summed E-state index contributed by atoms with van der Waals surface area (Å²) < 4.78 is 6.13. The van der Waals surface area contributed by atoms with E-state index >= 15 is 0 Å². The summed E-state index contributed by atoms with van der Waals surface area (Å²) in [6, 6.07) is 31.5. The molecular weight excluding hydrogens is 499 g/mol. The first kappa shape index (κ1) is 28.6. The van der Waals surface area contributed by atoms with Crippen molar-refractivity contribution in [2.45, 2.75) is 38.0 Å². The van der Waals surface area contributed by atoms with Crippen LogP contribution in [-0.2, 0) is 11.2 Å². The zero-order chi connectivity index (χ0) is 28.2. The lowest BCUT2D eigenvalue weighted by atomic mass is 9.85. The molecular formula is C33H35BN2O4. The molecule has 1 heterocycles. The summed E-state index contributed by atoms with van der Waals surface area (Å²) in [7, 11) is 2.03. The number of ether oxygens (including phenoxy) is 1. The molecule has 0 saturated heterocycles. The Morgan fingerprint density at radius 2 is 1.52 bits per heavy atom. The first-order chi connectivity index (χ1) is 19.5. The number of carbonyl (C=O) groups excluding carboxylic acids is 1. The van der Waals surface area contributed by atoms with Crippen molar-refractivity contribution in [2.75, 3.05) is 13.2 Å². The van der Waals surface area contributed by atoms with E-state index in [-0.39, 0.29) is 18.3 Å². The second-order valence-corrected chi connectivity index (χ2v) is 9.78. The van der Waals surface area contributed by atoms with Crippen molar-refractivity contribution in [1.82, 2.24) is 9.88 Å². The van der Waals surface area contributed by atoms with Crippen LogP contribution < -0.4 is 4.74 Å². The summed E-state index contributed by atoms with van der Waals surface area (Å²) in [5.74, 6) is -0.326. The predicted octanol–water partition coefficient (Wildman–Crippen LogP) is 5.79. The van der Waals surface area contributed by atoms with Gasteiger partial charge in [-0.2, -0.15) is 0 Å². The number of aliphatic carboxylic acids is 1. The number of benzene rings is 3. The van der Waals surface area contributed by atoms with E-state index in [4.69, 9.17) is 9.84 Å². The Morgan fingerprint density at radius 1 is 0.825 bits per heavy atom. The molecule has 0 bridgehead atoms. The van der Waals surface area contributed by atoms with Crippen LogP contribution in [0, 0.1) is 0 Å². The van der Waals surface area contributed by atoms with E-state index in [0.717, 1.165) is 41.0 Å². The fourth-order valence-corrected chi connectivity index (χ4v) is 4.72. The van der Waals surface area contributed by atoms with E-state index in [1.54, 1.807) is 6.20 Å². The molecule has 4 rings (SSSR count). The molecule has 0 aliphatic rings. The predicted molar refractivity (Wildman–Crippen MR) is 160 cm³/mol. The minimum absolute atomic E-state index is 0.0495. The molecule has 0 radical (unpaired) electrons. The maximum Gasteiger partial charge on any atom is 0.303 e. The van der Waals surface area contributed by atoms with Gasteiger partial charge in [0.15, 0.2) is 0 Å². The number of aromatic nitrogens is 1. The summed E-state index contributed by atoms with van der Waals surface area (Å²) in [5, 5.41) is 8.84. The molecule has 1 N–H and O–H groups in total. The van der Waals surface area contributed by atoms with Crippen LogP contribution in [0.1, 0.15) is 53.2 Å². The molecule has 1 amide bonds. The van der Waals surface area contributed by atoms with Crippen LogP contribution >= 0.6 is 0 Å². The van der Waals surface area contributed by atoms with E-state index in [2.05, 4.69) is 17.1 Å². The Labute approximate surface area is 237 Å². The lowest BCUT2D eigenvalue weighted by molar-refractivity contribution is -0.137. The molecule has 0 aliphatic carbocycles. The van der Waals surface area contributed by atoms with Crippen molar-refractivity contribution in [3.63, 3.8) is 0 Å². The first-order valence-corrected chi connectivity index (χ1v) is 13.8. The fraction of sp³-hybridized carbons (Fsp3) is 0.242. The van der Waals surface area contributed by atoms with Gasteiger partial charge < -0.3 is 14.7 Å². The SMILES string of the molecule is BC(c1ccccc1OCCCCCC(=O)O)N(CCc1ccccn1)C(=O)c1ccc(-c2ccccc2)cc1. The lowest BCUT2D eigenvalue weighted by Gasteiger charge is -2.31. The minimum atomic E-state index is -0.773. The molecule has 0 aliphatic heterocycles. The second-order valence-electron chi connectivity index (χ2n) is 9.78. The normalized spacial score (nSPS) is 11.5. The quantitative estimate of drug-likeness (QED) is 0.164. The van der Waals surface area contributed by atoms with Crippen molar-refractivity contribution in [2.24, 2.45) is 0 Å². The smallest absolute Gasteiger partial charge is 0.303 e. The van der Waals surface area contributed by atoms with Crippen molar-refractivity contribution in [3.05, 3.63) is 120 Å². The van der Waals surface area contributed by atoms with E-state index in [0.29, 0.717) is 31.6 Å². The van der Waals surface area contributed by atoms with Gasteiger partial charge >= 0.3 is 5.97 Å². The Bertz CT molecular complexity index is 1360. The highest BCUT2D eigenvalue weighted by atomic mass is 16.5. The van der Waals surface area contributed by atoms with Crippen LogP contribution in [0.2, 0.25) is 0 Å². The summed E-state index contributed by atoms with van der Waals surface area (Å²) in [5.41, 5.74) is 4.66.